The molecule has 0 atom stereocenters. The number of carbonyl (C=O) groups excluding carboxylic acids is 2. The first-order chi connectivity index (χ1) is 32.0. The van der Waals surface area contributed by atoms with Gasteiger partial charge in [-0.3, -0.25) is 0 Å². The fourth-order valence-electron chi connectivity index (χ4n) is 7.02. The van der Waals surface area contributed by atoms with Crippen LogP contribution < -0.4 is 29.5 Å². The van der Waals surface area contributed by atoms with Gasteiger partial charge in [-0.15, -0.1) is 0 Å². The average Bonchev–Trinajstić information content (AvgIpc) is 3.26. The predicted molar refractivity (Wildman–Crippen MR) is 253 cm³/mol. The van der Waals surface area contributed by atoms with E-state index in [1.165, 1.54) is 6.07 Å². The fraction of sp³-hybridized carbons (Fsp3) is 0.364. The lowest BCUT2D eigenvalue weighted by molar-refractivity contribution is 0.255. The summed E-state index contributed by atoms with van der Waals surface area (Å²) >= 11 is 0. The van der Waals surface area contributed by atoms with Crippen molar-refractivity contribution in [2.45, 2.75) is 105 Å². The number of methoxy groups -OCH3 is 1. The standard InChI is InChI=1S/C44H53FN8O12S4/c1-24(2)33-15-28(20-46)16-34(25(3)4)41(33)49-43(55)51-67(59,60)37-13-12-32(17-30(37)22-54)69(63,64)53(9)23-48-66(57,58)31-11-14-38(36(19-31)65-10)68(61,62)52-44(56)50-42-35(26(5)6)18-29(21-47)40(45)39(42)27(7)8/h11-19,24-27,48,54H,22-23H2,1-10H3,(H2,49,51,55)(H2,50,52,56). The van der Waals surface area contributed by atoms with Crippen LogP contribution in [0, 0.1) is 28.5 Å². The summed E-state index contributed by atoms with van der Waals surface area (Å²) in [4.78, 5) is 23.9. The van der Waals surface area contributed by atoms with Crippen molar-refractivity contribution in [3.8, 4) is 17.9 Å². The summed E-state index contributed by atoms with van der Waals surface area (Å²) in [6.07, 6.45) is 0. The quantitative estimate of drug-likeness (QED) is 0.0610. The number of aliphatic hydroxyl groups is 1. The number of nitrogens with zero attached hydrogens (tertiary/aromatic N) is 3. The lowest BCUT2D eigenvalue weighted by Gasteiger charge is -2.22. The van der Waals surface area contributed by atoms with E-state index in [0.29, 0.717) is 32.2 Å². The van der Waals surface area contributed by atoms with Crippen molar-refractivity contribution in [3.63, 3.8) is 0 Å². The van der Waals surface area contributed by atoms with Gasteiger partial charge < -0.3 is 20.5 Å². The van der Waals surface area contributed by atoms with Crippen LogP contribution in [0.5, 0.6) is 5.75 Å². The zero-order valence-corrected chi connectivity index (χ0v) is 42.5. The Labute approximate surface area is 402 Å². The number of halogens is 1. The van der Waals surface area contributed by atoms with Crippen LogP contribution in [0.2, 0.25) is 0 Å². The van der Waals surface area contributed by atoms with Crippen molar-refractivity contribution in [1.29, 1.82) is 10.5 Å². The van der Waals surface area contributed by atoms with Crippen molar-refractivity contribution in [1.82, 2.24) is 18.5 Å². The number of ether oxygens (including phenoxy) is 1. The molecule has 0 heterocycles. The van der Waals surface area contributed by atoms with Gasteiger partial charge in [-0.1, -0.05) is 55.4 Å². The minimum Gasteiger partial charge on any atom is -0.495 e. The van der Waals surface area contributed by atoms with Crippen LogP contribution in [0.1, 0.15) is 118 Å². The molecule has 0 unspecified atom stereocenters. The largest absolute Gasteiger partial charge is 0.495 e. The van der Waals surface area contributed by atoms with Gasteiger partial charge in [0.25, 0.3) is 20.0 Å². The minimum atomic E-state index is -4.82. The first kappa shape index (κ1) is 55.4. The molecular formula is C44H53FN8O12S4. The maximum absolute atomic E-state index is 15.3. The van der Waals surface area contributed by atoms with E-state index in [9.17, 15) is 58.9 Å². The molecule has 0 aliphatic heterocycles. The van der Waals surface area contributed by atoms with Gasteiger partial charge in [0.05, 0.1) is 58.0 Å². The first-order valence-corrected chi connectivity index (χ1v) is 26.8. The molecule has 0 radical (unpaired) electrons. The van der Waals surface area contributed by atoms with Crippen molar-refractivity contribution in [2.75, 3.05) is 31.5 Å². The van der Waals surface area contributed by atoms with Crippen LogP contribution in [0.4, 0.5) is 25.4 Å². The molecule has 25 heteroatoms. The molecule has 4 aromatic carbocycles. The van der Waals surface area contributed by atoms with Crippen molar-refractivity contribution < 1.29 is 57.5 Å². The highest BCUT2D eigenvalue weighted by atomic mass is 32.2. The summed E-state index contributed by atoms with van der Waals surface area (Å²) in [6, 6.07) is 10.8. The van der Waals surface area contributed by atoms with E-state index < -0.39 is 108 Å². The topological polar surface area (TPSA) is 311 Å². The van der Waals surface area contributed by atoms with Crippen molar-refractivity contribution in [2.24, 2.45) is 0 Å². The van der Waals surface area contributed by atoms with Gasteiger partial charge in [0.15, 0.2) is 0 Å². The molecule has 0 bridgehead atoms. The molecule has 4 aromatic rings. The predicted octanol–water partition coefficient (Wildman–Crippen LogP) is 6.14. The number of carbonyl (C=O) groups is 2. The number of hydrogen-bond acceptors (Lipinski definition) is 14. The molecule has 0 saturated carbocycles. The van der Waals surface area contributed by atoms with Gasteiger partial charge in [-0.2, -0.15) is 19.6 Å². The summed E-state index contributed by atoms with van der Waals surface area (Å²) < 4.78 is 135. The van der Waals surface area contributed by atoms with Crippen LogP contribution in [0.15, 0.2) is 74.2 Å². The molecule has 0 aromatic heterocycles. The second kappa shape index (κ2) is 21.6. The molecule has 0 aliphatic rings. The number of nitrogens with one attached hydrogen (secondary N) is 5. The Balaban J connectivity index is 1.53. The molecule has 4 rings (SSSR count). The highest BCUT2D eigenvalue weighted by Crippen LogP contribution is 2.37. The lowest BCUT2D eigenvalue weighted by atomic mass is 9.90. The molecule has 372 valence electrons. The monoisotopic (exact) mass is 1030 g/mol. The maximum Gasteiger partial charge on any atom is 0.333 e. The molecule has 69 heavy (non-hydrogen) atoms. The summed E-state index contributed by atoms with van der Waals surface area (Å²) in [7, 11) is -16.9. The van der Waals surface area contributed by atoms with E-state index >= 15 is 4.39 Å². The van der Waals surface area contributed by atoms with Gasteiger partial charge in [-0.25, -0.2) is 57.1 Å². The van der Waals surface area contributed by atoms with Crippen LogP contribution in [-0.4, -0.2) is 76.0 Å². The van der Waals surface area contributed by atoms with Crippen LogP contribution >= 0.6 is 0 Å². The SMILES string of the molecule is COc1cc(S(=O)(=O)NCN(C)S(=O)(=O)c2ccc(S(=O)(=O)NC(=O)Nc3c(C(C)C)cc(C#N)cc3C(C)C)c(CO)c2)ccc1S(=O)(=O)NC(=O)Nc1c(C(C)C)cc(C#N)c(F)c1C(C)C. The Morgan fingerprint density at radius 3 is 1.65 bits per heavy atom. The lowest BCUT2D eigenvalue weighted by Crippen LogP contribution is -2.39. The average molecular weight is 1030 g/mol. The van der Waals surface area contributed by atoms with E-state index in [1.54, 1.807) is 50.6 Å². The zero-order valence-electron chi connectivity index (χ0n) is 39.2. The number of rotatable bonds is 18. The summed E-state index contributed by atoms with van der Waals surface area (Å²) in [5.74, 6) is -2.69. The van der Waals surface area contributed by atoms with Crippen molar-refractivity contribution in [3.05, 3.63) is 99.4 Å². The number of urea groups is 2. The highest BCUT2D eigenvalue weighted by molar-refractivity contribution is 7.91. The number of hydrogen-bond donors (Lipinski definition) is 6. The minimum absolute atomic E-state index is 0.0272. The van der Waals surface area contributed by atoms with E-state index in [-0.39, 0.29) is 34.6 Å². The fourth-order valence-corrected chi connectivity index (χ4v) is 11.4. The van der Waals surface area contributed by atoms with E-state index in [4.69, 9.17) is 4.74 Å². The molecule has 0 fully saturated rings. The van der Waals surface area contributed by atoms with Gasteiger partial charge >= 0.3 is 12.1 Å². The maximum atomic E-state index is 15.3. The number of nitriles is 2. The summed E-state index contributed by atoms with van der Waals surface area (Å²) in [5.41, 5.74) is 1.39. The van der Waals surface area contributed by atoms with Crippen LogP contribution in [0.25, 0.3) is 0 Å². The highest BCUT2D eigenvalue weighted by Gasteiger charge is 2.31. The van der Waals surface area contributed by atoms with Gasteiger partial charge in [0, 0.05) is 24.4 Å². The molecule has 4 amide bonds. The molecule has 20 nitrogen and oxygen atoms in total. The third-order valence-electron chi connectivity index (χ3n) is 10.6. The molecule has 6 N–H and O–H groups in total. The Bertz CT molecular complexity index is 3190. The summed E-state index contributed by atoms with van der Waals surface area (Å²) in [5, 5.41) is 34.1. The first-order valence-electron chi connectivity index (χ1n) is 20.9. The second-order valence-electron chi connectivity index (χ2n) is 16.8. The Kier molecular flexibility index (Phi) is 17.4. The van der Waals surface area contributed by atoms with E-state index in [0.717, 1.165) is 50.6 Å². The number of sulfonamides is 4. The third-order valence-corrected chi connectivity index (χ3v) is 16.6. The Morgan fingerprint density at radius 1 is 0.681 bits per heavy atom. The number of amides is 4. The number of aliphatic hydroxyl groups excluding tert-OH is 1. The van der Waals surface area contributed by atoms with Gasteiger partial charge in [0.2, 0.25) is 20.0 Å². The third kappa shape index (κ3) is 12.3. The smallest absolute Gasteiger partial charge is 0.333 e. The Hall–Kier alpha value is -6.19. The molecule has 0 spiro atoms. The Morgan fingerprint density at radius 2 is 1.17 bits per heavy atom. The zero-order chi connectivity index (χ0) is 52.1. The summed E-state index contributed by atoms with van der Waals surface area (Å²) in [6.45, 7) is 12.1. The van der Waals surface area contributed by atoms with E-state index in [1.807, 2.05) is 32.4 Å². The number of anilines is 2. The molecular weight excluding hydrogens is 980 g/mol. The van der Waals surface area contributed by atoms with Crippen LogP contribution in [0.3, 0.4) is 0 Å². The second-order valence-corrected chi connectivity index (χ2v) is 23.9. The van der Waals surface area contributed by atoms with Gasteiger partial charge in [0.1, 0.15) is 22.5 Å². The van der Waals surface area contributed by atoms with Crippen molar-refractivity contribution >= 4 is 63.5 Å². The number of benzene rings is 4. The molecule has 0 aliphatic carbocycles. The van der Waals surface area contributed by atoms with Gasteiger partial charge in [-0.05, 0) is 94.5 Å². The molecule has 0 saturated heterocycles. The normalized spacial score (nSPS) is 12.3. The van der Waals surface area contributed by atoms with Crippen LogP contribution in [-0.2, 0) is 46.7 Å². The van der Waals surface area contributed by atoms with E-state index in [2.05, 4.69) is 21.4 Å².